The van der Waals surface area contributed by atoms with E-state index in [-0.39, 0.29) is 18.3 Å². The largest absolute Gasteiger partial charge is 0.486 e. The summed E-state index contributed by atoms with van der Waals surface area (Å²) >= 11 is 3.37. The van der Waals surface area contributed by atoms with E-state index in [2.05, 4.69) is 21.2 Å². The van der Waals surface area contributed by atoms with E-state index in [1.54, 1.807) is 30.3 Å². The van der Waals surface area contributed by atoms with Gasteiger partial charge in [0.1, 0.15) is 31.3 Å². The van der Waals surface area contributed by atoms with Gasteiger partial charge in [-0.15, -0.1) is 0 Å². The highest BCUT2D eigenvalue weighted by atomic mass is 79.9. The first-order chi connectivity index (χ1) is 13.2. The lowest BCUT2D eigenvalue weighted by Gasteiger charge is -2.18. The number of benzene rings is 2. The second kappa shape index (κ2) is 7.75. The Bertz CT molecular complexity index is 951. The Morgan fingerprint density at radius 2 is 1.78 bits per heavy atom. The van der Waals surface area contributed by atoms with Crippen molar-refractivity contribution in [2.45, 2.75) is 6.61 Å². The van der Waals surface area contributed by atoms with Crippen LogP contribution in [0.4, 0.5) is 5.69 Å². The first-order valence-electron chi connectivity index (χ1n) is 8.35. The normalized spacial score (nSPS) is 12.5. The molecule has 1 amide bonds. The van der Waals surface area contributed by atoms with Crippen LogP contribution in [-0.2, 0) is 6.61 Å². The highest BCUT2D eigenvalue weighted by molar-refractivity contribution is 9.10. The fourth-order valence-corrected chi connectivity index (χ4v) is 2.84. The van der Waals surface area contributed by atoms with Gasteiger partial charge in [-0.05, 0) is 48.5 Å². The van der Waals surface area contributed by atoms with Crippen LogP contribution in [0.1, 0.15) is 16.3 Å². The van der Waals surface area contributed by atoms with Gasteiger partial charge < -0.3 is 23.9 Å². The van der Waals surface area contributed by atoms with Crippen molar-refractivity contribution < 1.29 is 23.4 Å². The second-order valence-electron chi connectivity index (χ2n) is 5.82. The topological polar surface area (TPSA) is 69.9 Å². The Hall–Kier alpha value is -2.93. The van der Waals surface area contributed by atoms with Crippen molar-refractivity contribution in [3.63, 3.8) is 0 Å². The molecule has 2 heterocycles. The molecule has 0 saturated carbocycles. The number of amides is 1. The summed E-state index contributed by atoms with van der Waals surface area (Å²) in [5.41, 5.74) is 0.605. The minimum atomic E-state index is -0.346. The van der Waals surface area contributed by atoms with Gasteiger partial charge in [-0.25, -0.2) is 0 Å². The number of carbonyl (C=O) groups excluding carboxylic acids is 1. The molecule has 0 radical (unpaired) electrons. The Kier molecular flexibility index (Phi) is 5.02. The lowest BCUT2D eigenvalue weighted by molar-refractivity contribution is 0.0992. The van der Waals surface area contributed by atoms with Gasteiger partial charge in [0.15, 0.2) is 17.3 Å². The van der Waals surface area contributed by atoms with Gasteiger partial charge in [0.05, 0.1) is 0 Å². The SMILES string of the molecule is O=C(Nc1ccc2c(c1)OCCO2)c1ccc(COc2ccc(Br)cc2)o1. The molecule has 3 aromatic rings. The van der Waals surface area contributed by atoms with E-state index in [9.17, 15) is 4.79 Å². The molecule has 0 fully saturated rings. The van der Waals surface area contributed by atoms with Crippen LogP contribution in [0.25, 0.3) is 0 Å². The van der Waals surface area contributed by atoms with Gasteiger partial charge in [0.2, 0.25) is 0 Å². The minimum Gasteiger partial charge on any atom is -0.486 e. The summed E-state index contributed by atoms with van der Waals surface area (Å²) in [6, 6.07) is 16.1. The predicted molar refractivity (Wildman–Crippen MR) is 103 cm³/mol. The van der Waals surface area contributed by atoms with Crippen molar-refractivity contribution in [2.24, 2.45) is 0 Å². The Labute approximate surface area is 164 Å². The van der Waals surface area contributed by atoms with Crippen LogP contribution >= 0.6 is 15.9 Å². The summed E-state index contributed by atoms with van der Waals surface area (Å²) < 4.78 is 23.2. The third-order valence-electron chi connectivity index (χ3n) is 3.88. The molecule has 4 rings (SSSR count). The molecule has 27 heavy (non-hydrogen) atoms. The van der Waals surface area contributed by atoms with Crippen LogP contribution < -0.4 is 19.5 Å². The summed E-state index contributed by atoms with van der Waals surface area (Å²) in [6.07, 6.45) is 0. The molecule has 138 valence electrons. The molecule has 0 aliphatic carbocycles. The van der Waals surface area contributed by atoms with E-state index in [0.29, 0.717) is 36.2 Å². The molecule has 1 aromatic heterocycles. The van der Waals surface area contributed by atoms with Crippen molar-refractivity contribution in [1.29, 1.82) is 0 Å². The fourth-order valence-electron chi connectivity index (χ4n) is 2.58. The van der Waals surface area contributed by atoms with Crippen molar-refractivity contribution in [1.82, 2.24) is 0 Å². The standard InChI is InChI=1S/C20H16BrNO5/c21-13-1-4-15(5-2-13)26-12-16-6-8-18(27-16)20(23)22-14-3-7-17-19(11-14)25-10-9-24-17/h1-8,11H,9-10,12H2,(H,22,23). The summed E-state index contributed by atoms with van der Waals surface area (Å²) in [7, 11) is 0. The van der Waals surface area contributed by atoms with E-state index < -0.39 is 0 Å². The number of ether oxygens (including phenoxy) is 3. The Morgan fingerprint density at radius 3 is 2.59 bits per heavy atom. The third kappa shape index (κ3) is 4.25. The molecule has 1 aliphatic rings. The average molecular weight is 430 g/mol. The highest BCUT2D eigenvalue weighted by Crippen LogP contribution is 2.32. The molecule has 7 heteroatoms. The maximum atomic E-state index is 12.4. The van der Waals surface area contributed by atoms with E-state index >= 15 is 0 Å². The van der Waals surface area contributed by atoms with Crippen LogP contribution in [0.3, 0.4) is 0 Å². The predicted octanol–water partition coefficient (Wildman–Crippen LogP) is 4.64. The molecular formula is C20H16BrNO5. The van der Waals surface area contributed by atoms with Crippen LogP contribution in [-0.4, -0.2) is 19.1 Å². The molecule has 0 spiro atoms. The number of halogens is 1. The summed E-state index contributed by atoms with van der Waals surface area (Å²) in [5.74, 6) is 2.43. The average Bonchev–Trinajstić information content (AvgIpc) is 3.17. The lowest BCUT2D eigenvalue weighted by Crippen LogP contribution is -2.16. The minimum absolute atomic E-state index is 0.208. The first-order valence-corrected chi connectivity index (χ1v) is 9.15. The van der Waals surface area contributed by atoms with E-state index in [1.165, 1.54) is 0 Å². The number of rotatable bonds is 5. The van der Waals surface area contributed by atoms with Gasteiger partial charge >= 0.3 is 0 Å². The molecule has 0 saturated heterocycles. The number of hydrogen-bond donors (Lipinski definition) is 1. The number of anilines is 1. The van der Waals surface area contributed by atoms with Crippen LogP contribution in [0.15, 0.2) is 63.5 Å². The van der Waals surface area contributed by atoms with Crippen LogP contribution in [0.5, 0.6) is 17.2 Å². The van der Waals surface area contributed by atoms with Gasteiger partial charge in [-0.1, -0.05) is 15.9 Å². The van der Waals surface area contributed by atoms with Gasteiger partial charge in [-0.2, -0.15) is 0 Å². The molecule has 0 unspecified atom stereocenters. The van der Waals surface area contributed by atoms with E-state index in [0.717, 1.165) is 10.2 Å². The van der Waals surface area contributed by atoms with Crippen molar-refractivity contribution in [2.75, 3.05) is 18.5 Å². The zero-order valence-electron chi connectivity index (χ0n) is 14.2. The van der Waals surface area contributed by atoms with E-state index in [1.807, 2.05) is 24.3 Å². The molecule has 0 atom stereocenters. The smallest absolute Gasteiger partial charge is 0.291 e. The highest BCUT2D eigenvalue weighted by Gasteiger charge is 2.15. The molecule has 6 nitrogen and oxygen atoms in total. The molecular weight excluding hydrogens is 414 g/mol. The Morgan fingerprint density at radius 1 is 1.00 bits per heavy atom. The number of nitrogens with one attached hydrogen (secondary N) is 1. The number of carbonyl (C=O) groups is 1. The summed E-state index contributed by atoms with van der Waals surface area (Å²) in [5, 5.41) is 2.79. The molecule has 1 aliphatic heterocycles. The van der Waals surface area contributed by atoms with Crippen molar-refractivity contribution >= 4 is 27.5 Å². The molecule has 2 aromatic carbocycles. The fraction of sp³-hybridized carbons (Fsp3) is 0.150. The summed E-state index contributed by atoms with van der Waals surface area (Å²) in [6.45, 7) is 1.25. The third-order valence-corrected chi connectivity index (χ3v) is 4.41. The van der Waals surface area contributed by atoms with Crippen LogP contribution in [0.2, 0.25) is 0 Å². The van der Waals surface area contributed by atoms with Crippen molar-refractivity contribution in [3.05, 3.63) is 70.6 Å². The molecule has 1 N–H and O–H groups in total. The van der Waals surface area contributed by atoms with Crippen molar-refractivity contribution in [3.8, 4) is 17.2 Å². The van der Waals surface area contributed by atoms with Gasteiger partial charge in [0, 0.05) is 16.2 Å². The second-order valence-corrected chi connectivity index (χ2v) is 6.74. The quantitative estimate of drug-likeness (QED) is 0.639. The summed E-state index contributed by atoms with van der Waals surface area (Å²) in [4.78, 5) is 12.4. The van der Waals surface area contributed by atoms with E-state index in [4.69, 9.17) is 18.6 Å². The zero-order chi connectivity index (χ0) is 18.6. The zero-order valence-corrected chi connectivity index (χ0v) is 15.8. The van der Waals surface area contributed by atoms with Crippen LogP contribution in [0, 0.1) is 0 Å². The number of fused-ring (bicyclic) bond motifs is 1. The molecule has 0 bridgehead atoms. The number of furan rings is 1. The number of hydrogen-bond acceptors (Lipinski definition) is 5. The van der Waals surface area contributed by atoms with Gasteiger partial charge in [-0.3, -0.25) is 4.79 Å². The lowest BCUT2D eigenvalue weighted by atomic mass is 10.2. The maximum Gasteiger partial charge on any atom is 0.291 e. The maximum absolute atomic E-state index is 12.4. The van der Waals surface area contributed by atoms with Gasteiger partial charge in [0.25, 0.3) is 5.91 Å². The first kappa shape index (κ1) is 17.5. The monoisotopic (exact) mass is 429 g/mol. The Balaban J connectivity index is 1.37.